The second-order valence-corrected chi connectivity index (χ2v) is 9.03. The van der Waals surface area contributed by atoms with Crippen LogP contribution < -0.4 is 10.2 Å². The van der Waals surface area contributed by atoms with Crippen LogP contribution in [0, 0.1) is 23.1 Å². The highest BCUT2D eigenvalue weighted by Gasteiger charge is 2.62. The minimum absolute atomic E-state index is 0.0341. The molecule has 1 fully saturated rings. The van der Waals surface area contributed by atoms with E-state index in [-0.39, 0.29) is 18.7 Å². The lowest BCUT2D eigenvalue weighted by molar-refractivity contribution is -0.168. The molecule has 8 heteroatoms. The van der Waals surface area contributed by atoms with E-state index in [0.717, 1.165) is 24.1 Å². The number of aromatic nitrogens is 1. The number of halogens is 4. The van der Waals surface area contributed by atoms with Crippen LogP contribution in [0.3, 0.4) is 0 Å². The number of pyridine rings is 1. The van der Waals surface area contributed by atoms with E-state index in [1.54, 1.807) is 12.3 Å². The third-order valence-electron chi connectivity index (χ3n) is 6.11. The lowest BCUT2D eigenvalue weighted by Gasteiger charge is -2.30. The van der Waals surface area contributed by atoms with Crippen LogP contribution in [0.5, 0.6) is 0 Å². The van der Waals surface area contributed by atoms with Gasteiger partial charge in [0.1, 0.15) is 22.9 Å². The molecule has 0 spiro atoms. The Kier molecular flexibility index (Phi) is 6.88. The van der Waals surface area contributed by atoms with Gasteiger partial charge in [-0.15, -0.1) is 0 Å². The summed E-state index contributed by atoms with van der Waals surface area (Å²) in [6.45, 7) is 8.76. The topological polar surface area (TPSA) is 40.5 Å². The maximum atomic E-state index is 14.0. The van der Waals surface area contributed by atoms with Crippen molar-refractivity contribution < 1.29 is 17.6 Å². The molecule has 2 aromatic rings. The molecule has 3 heterocycles. The van der Waals surface area contributed by atoms with E-state index in [9.17, 15) is 17.6 Å². The van der Waals surface area contributed by atoms with E-state index in [4.69, 9.17) is 0 Å². The van der Waals surface area contributed by atoms with Gasteiger partial charge in [0, 0.05) is 23.9 Å². The first-order chi connectivity index (χ1) is 16.7. The van der Waals surface area contributed by atoms with Crippen molar-refractivity contribution in [3.63, 3.8) is 0 Å². The molecule has 35 heavy (non-hydrogen) atoms. The highest BCUT2D eigenvalue weighted by molar-refractivity contribution is 6.15. The summed E-state index contributed by atoms with van der Waals surface area (Å²) in [5, 5.41) is 3.05. The molecule has 0 radical (unpaired) electrons. The summed E-state index contributed by atoms with van der Waals surface area (Å²) in [7, 11) is 0. The van der Waals surface area contributed by atoms with Gasteiger partial charge in [0.25, 0.3) is 0 Å². The number of nitrogens with one attached hydrogen (secondary N) is 1. The van der Waals surface area contributed by atoms with Crippen LogP contribution in [-0.2, 0) is 6.42 Å². The van der Waals surface area contributed by atoms with E-state index in [1.165, 1.54) is 24.8 Å². The molecule has 0 bridgehead atoms. The van der Waals surface area contributed by atoms with Crippen molar-refractivity contribution in [3.8, 4) is 11.8 Å². The molecule has 4 nitrogen and oxygen atoms in total. The number of aliphatic imine (C=N–C) groups is 1. The first kappa shape index (κ1) is 24.8. The maximum absolute atomic E-state index is 14.0. The molecule has 0 atom stereocenters. The van der Waals surface area contributed by atoms with Crippen LogP contribution in [-0.4, -0.2) is 23.5 Å². The molecule has 0 amide bonds. The molecule has 2 aliphatic heterocycles. The van der Waals surface area contributed by atoms with E-state index in [0.29, 0.717) is 41.4 Å². The van der Waals surface area contributed by atoms with E-state index >= 15 is 0 Å². The SMILES string of the molecule is C=C1N=C(N2CCCCc3c(C#CC4(C(F)(F)F)CC4)cncc32)c2cc(F)ccc2N1.CCC. The molecule has 1 aromatic carbocycles. The van der Waals surface area contributed by atoms with Crippen molar-refractivity contribution in [2.45, 2.75) is 58.5 Å². The van der Waals surface area contributed by atoms with Crippen LogP contribution in [0.15, 0.2) is 48.0 Å². The summed E-state index contributed by atoms with van der Waals surface area (Å²) >= 11 is 0. The fourth-order valence-corrected chi connectivity index (χ4v) is 4.17. The lowest BCUT2D eigenvalue weighted by Crippen LogP contribution is -2.35. The molecule has 0 unspecified atom stereocenters. The van der Waals surface area contributed by atoms with Gasteiger partial charge in [0.05, 0.1) is 17.6 Å². The Morgan fingerprint density at radius 3 is 2.60 bits per heavy atom. The molecule has 0 saturated heterocycles. The van der Waals surface area contributed by atoms with E-state index in [2.05, 4.69) is 47.6 Å². The Morgan fingerprint density at radius 1 is 1.17 bits per heavy atom. The van der Waals surface area contributed by atoms with Gasteiger partial charge < -0.3 is 10.2 Å². The predicted molar refractivity (Wildman–Crippen MR) is 131 cm³/mol. The summed E-state index contributed by atoms with van der Waals surface area (Å²) in [4.78, 5) is 10.8. The second-order valence-electron chi connectivity index (χ2n) is 9.03. The van der Waals surface area contributed by atoms with Gasteiger partial charge in [-0.25, -0.2) is 9.38 Å². The number of hydrogen-bond donors (Lipinski definition) is 1. The zero-order valence-electron chi connectivity index (χ0n) is 19.9. The van der Waals surface area contributed by atoms with E-state index < -0.39 is 11.6 Å². The van der Waals surface area contributed by atoms with Crippen molar-refractivity contribution in [3.05, 3.63) is 65.5 Å². The molecule has 1 aliphatic carbocycles. The normalized spacial score (nSPS) is 17.8. The Morgan fingerprint density at radius 2 is 1.91 bits per heavy atom. The van der Waals surface area contributed by atoms with Gasteiger partial charge in [-0.1, -0.05) is 38.7 Å². The van der Waals surface area contributed by atoms with Crippen LogP contribution in [0.2, 0.25) is 0 Å². The van der Waals surface area contributed by atoms with Gasteiger partial charge in [0.2, 0.25) is 0 Å². The Bertz CT molecular complexity index is 1220. The van der Waals surface area contributed by atoms with Crippen molar-refractivity contribution in [1.29, 1.82) is 0 Å². The zero-order valence-corrected chi connectivity index (χ0v) is 19.9. The monoisotopic (exact) mass is 484 g/mol. The molecule has 5 rings (SSSR count). The summed E-state index contributed by atoms with van der Waals surface area (Å²) in [5.74, 6) is 5.84. The third kappa shape index (κ3) is 5.04. The molecule has 3 aliphatic rings. The number of rotatable bonds is 0. The number of fused-ring (bicyclic) bond motifs is 2. The second kappa shape index (κ2) is 9.73. The number of benzene rings is 1. The average molecular weight is 485 g/mol. The first-order valence-corrected chi connectivity index (χ1v) is 11.9. The summed E-state index contributed by atoms with van der Waals surface area (Å²) in [6, 6.07) is 4.41. The van der Waals surface area contributed by atoms with Gasteiger partial charge in [-0.3, -0.25) is 4.98 Å². The van der Waals surface area contributed by atoms with Crippen LogP contribution >= 0.6 is 0 Å². The Labute approximate surface area is 203 Å². The third-order valence-corrected chi connectivity index (χ3v) is 6.11. The van der Waals surface area contributed by atoms with Crippen LogP contribution in [0.1, 0.15) is 62.6 Å². The molecular formula is C27H28F4N4. The van der Waals surface area contributed by atoms with Crippen molar-refractivity contribution in [2.24, 2.45) is 10.4 Å². The quantitative estimate of drug-likeness (QED) is 0.330. The highest BCUT2D eigenvalue weighted by Crippen LogP contribution is 2.57. The zero-order chi connectivity index (χ0) is 25.2. The maximum Gasteiger partial charge on any atom is 0.405 e. The molecule has 1 aromatic heterocycles. The van der Waals surface area contributed by atoms with Gasteiger partial charge in [0.15, 0.2) is 0 Å². The molecule has 1 N–H and O–H groups in total. The predicted octanol–water partition coefficient (Wildman–Crippen LogP) is 6.82. The number of hydrogen-bond acceptors (Lipinski definition) is 4. The first-order valence-electron chi connectivity index (χ1n) is 11.9. The summed E-state index contributed by atoms with van der Waals surface area (Å²) in [5.41, 5.74) is 1.46. The minimum Gasteiger partial charge on any atom is -0.340 e. The standard InChI is InChI=1S/C24H20F4N4.C3H8/c1-15-30-20-6-5-17(25)12-19(20)22(31-15)32-11-3-2-4-18-16(13-29-14-21(18)32)7-8-23(9-10-23)24(26,27)28;1-3-2/h5-6,12-14,30H,1-4,9-11H2;3H2,1-2H3. The number of anilines is 2. The number of amidine groups is 1. The van der Waals surface area contributed by atoms with Gasteiger partial charge >= 0.3 is 6.18 Å². The molecular weight excluding hydrogens is 456 g/mol. The summed E-state index contributed by atoms with van der Waals surface area (Å²) in [6.07, 6.45) is 2.53. The lowest BCUT2D eigenvalue weighted by atomic mass is 10.0. The number of nitrogens with zero attached hydrogens (tertiary/aromatic N) is 3. The minimum atomic E-state index is -4.33. The molecule has 184 valence electrons. The van der Waals surface area contributed by atoms with Crippen LogP contribution in [0.25, 0.3) is 0 Å². The summed E-state index contributed by atoms with van der Waals surface area (Å²) < 4.78 is 54.0. The Balaban J connectivity index is 0.000000917. The van der Waals surface area contributed by atoms with E-state index in [1.807, 2.05) is 4.90 Å². The largest absolute Gasteiger partial charge is 0.405 e. The highest BCUT2D eigenvalue weighted by atomic mass is 19.4. The fourth-order valence-electron chi connectivity index (χ4n) is 4.17. The number of alkyl halides is 3. The van der Waals surface area contributed by atoms with Gasteiger partial charge in [-0.05, 0) is 55.9 Å². The van der Waals surface area contributed by atoms with Crippen molar-refractivity contribution in [1.82, 2.24) is 4.98 Å². The molecule has 1 saturated carbocycles. The van der Waals surface area contributed by atoms with Crippen molar-refractivity contribution in [2.75, 3.05) is 16.8 Å². The Hall–Kier alpha value is -3.34. The smallest absolute Gasteiger partial charge is 0.340 e. The van der Waals surface area contributed by atoms with Crippen molar-refractivity contribution >= 4 is 17.2 Å². The fraction of sp³-hybridized carbons (Fsp3) is 0.407. The average Bonchev–Trinajstić information content (AvgIpc) is 3.62. The van der Waals surface area contributed by atoms with Gasteiger partial charge in [-0.2, -0.15) is 13.2 Å². The van der Waals surface area contributed by atoms with Crippen LogP contribution in [0.4, 0.5) is 28.9 Å².